The van der Waals surface area contributed by atoms with Crippen molar-refractivity contribution in [2.75, 3.05) is 10.6 Å². The van der Waals surface area contributed by atoms with Crippen molar-refractivity contribution in [2.45, 2.75) is 6.92 Å². The highest BCUT2D eigenvalue weighted by molar-refractivity contribution is 7.14. The first-order valence-electron chi connectivity index (χ1n) is 5.56. The Balaban J connectivity index is 2.17. The van der Waals surface area contributed by atoms with Crippen LogP contribution in [0.3, 0.4) is 0 Å². The van der Waals surface area contributed by atoms with Crippen LogP contribution < -0.4 is 10.6 Å². The number of anilines is 2. The molecular formula is C11H9N5O4S. The number of carboxylic acids is 1. The fourth-order valence-electron chi connectivity index (χ4n) is 1.34. The summed E-state index contributed by atoms with van der Waals surface area (Å²) < 4.78 is 0. The normalized spacial score (nSPS) is 9.95. The van der Waals surface area contributed by atoms with E-state index in [9.17, 15) is 14.4 Å². The van der Waals surface area contributed by atoms with Crippen molar-refractivity contribution in [2.24, 2.45) is 0 Å². The fourth-order valence-corrected chi connectivity index (χ4v) is 2.08. The highest BCUT2D eigenvalue weighted by Gasteiger charge is 2.17. The largest absolute Gasteiger partial charge is 0.476 e. The lowest BCUT2D eigenvalue weighted by Gasteiger charge is -2.04. The highest BCUT2D eigenvalue weighted by atomic mass is 32.1. The van der Waals surface area contributed by atoms with Gasteiger partial charge >= 0.3 is 5.97 Å². The molecule has 0 atom stereocenters. The van der Waals surface area contributed by atoms with Gasteiger partial charge in [0.1, 0.15) is 5.69 Å². The Bertz CT molecular complexity index is 714. The van der Waals surface area contributed by atoms with Crippen LogP contribution in [0.25, 0.3) is 0 Å². The number of nitrogens with one attached hydrogen (secondary N) is 2. The first-order valence-corrected chi connectivity index (χ1v) is 6.44. The Morgan fingerprint density at radius 3 is 2.57 bits per heavy atom. The van der Waals surface area contributed by atoms with Gasteiger partial charge in [-0.25, -0.2) is 19.7 Å². The molecule has 9 nitrogen and oxygen atoms in total. The van der Waals surface area contributed by atoms with Gasteiger partial charge in [0.25, 0.3) is 5.91 Å². The number of carboxylic acid groups (broad SMARTS) is 1. The van der Waals surface area contributed by atoms with Gasteiger partial charge in [0.15, 0.2) is 16.6 Å². The first-order chi connectivity index (χ1) is 9.97. The number of hydrogen-bond acceptors (Lipinski definition) is 7. The molecule has 3 N–H and O–H groups in total. The second-order valence-electron chi connectivity index (χ2n) is 3.73. The number of aromatic nitrogens is 3. The Labute approximate surface area is 122 Å². The van der Waals surface area contributed by atoms with Crippen molar-refractivity contribution in [3.05, 3.63) is 29.2 Å². The van der Waals surface area contributed by atoms with Crippen molar-refractivity contribution < 1.29 is 19.5 Å². The summed E-state index contributed by atoms with van der Waals surface area (Å²) in [5, 5.41) is 15.4. The molecule has 0 radical (unpaired) electrons. The smallest absolute Gasteiger partial charge is 0.358 e. The van der Waals surface area contributed by atoms with Crippen LogP contribution in [-0.2, 0) is 4.79 Å². The Kier molecular flexibility index (Phi) is 4.18. The van der Waals surface area contributed by atoms with E-state index in [2.05, 4.69) is 25.6 Å². The molecule has 0 fully saturated rings. The Morgan fingerprint density at radius 2 is 1.90 bits per heavy atom. The molecule has 0 aliphatic heterocycles. The number of rotatable bonds is 4. The molecule has 2 amide bonds. The molecule has 2 aromatic heterocycles. The second kappa shape index (κ2) is 6.05. The molecule has 0 saturated carbocycles. The molecule has 0 aliphatic carbocycles. The fraction of sp³-hybridized carbons (Fsp3) is 0.0909. The molecule has 10 heteroatoms. The van der Waals surface area contributed by atoms with E-state index in [0.717, 1.165) is 11.3 Å². The van der Waals surface area contributed by atoms with Crippen molar-refractivity contribution in [3.8, 4) is 0 Å². The zero-order chi connectivity index (χ0) is 15.4. The molecule has 0 spiro atoms. The van der Waals surface area contributed by atoms with Crippen LogP contribution in [0.2, 0.25) is 0 Å². The van der Waals surface area contributed by atoms with E-state index < -0.39 is 11.9 Å². The second-order valence-corrected chi connectivity index (χ2v) is 4.59. The maximum Gasteiger partial charge on any atom is 0.358 e. The van der Waals surface area contributed by atoms with Gasteiger partial charge < -0.3 is 15.7 Å². The number of nitrogens with zero attached hydrogens (tertiary/aromatic N) is 3. The van der Waals surface area contributed by atoms with Gasteiger partial charge in [0.05, 0.1) is 0 Å². The van der Waals surface area contributed by atoms with E-state index in [1.165, 1.54) is 24.7 Å². The van der Waals surface area contributed by atoms with Gasteiger partial charge in [-0.1, -0.05) is 0 Å². The molecule has 2 rings (SSSR count). The lowest BCUT2D eigenvalue weighted by molar-refractivity contribution is -0.114. The van der Waals surface area contributed by atoms with Crippen molar-refractivity contribution in [1.29, 1.82) is 0 Å². The topological polar surface area (TPSA) is 134 Å². The van der Waals surface area contributed by atoms with Crippen molar-refractivity contribution in [1.82, 2.24) is 15.0 Å². The van der Waals surface area contributed by atoms with Crippen molar-refractivity contribution in [3.63, 3.8) is 0 Å². The lowest BCUT2D eigenvalue weighted by atomic mass is 10.4. The molecule has 0 aromatic carbocycles. The van der Waals surface area contributed by atoms with Gasteiger partial charge in [0.2, 0.25) is 5.91 Å². The number of aromatic carboxylic acids is 1. The highest BCUT2D eigenvalue weighted by Crippen LogP contribution is 2.17. The zero-order valence-corrected chi connectivity index (χ0v) is 11.5. The van der Waals surface area contributed by atoms with Crippen LogP contribution >= 0.6 is 11.3 Å². The Hall–Kier alpha value is -2.88. The average molecular weight is 307 g/mol. The maximum absolute atomic E-state index is 11.9. The predicted molar refractivity (Wildman–Crippen MR) is 73.4 cm³/mol. The van der Waals surface area contributed by atoms with Crippen LogP contribution in [0.1, 0.15) is 27.9 Å². The van der Waals surface area contributed by atoms with Gasteiger partial charge in [0, 0.05) is 24.7 Å². The summed E-state index contributed by atoms with van der Waals surface area (Å²) >= 11 is 1.07. The van der Waals surface area contributed by atoms with Gasteiger partial charge in [-0.15, -0.1) is 11.3 Å². The minimum Gasteiger partial charge on any atom is -0.476 e. The summed E-state index contributed by atoms with van der Waals surface area (Å²) in [4.78, 5) is 45.0. The average Bonchev–Trinajstić information content (AvgIpc) is 2.86. The summed E-state index contributed by atoms with van der Waals surface area (Å²) in [6.45, 7) is 1.32. The molecule has 0 saturated heterocycles. The van der Waals surface area contributed by atoms with Crippen LogP contribution in [-0.4, -0.2) is 37.8 Å². The molecule has 0 aliphatic rings. The summed E-state index contributed by atoms with van der Waals surface area (Å²) in [5.74, 6) is -2.44. The number of carbonyl (C=O) groups excluding carboxylic acids is 2. The van der Waals surface area contributed by atoms with Crippen molar-refractivity contribution >= 4 is 40.1 Å². The molecule has 2 aromatic rings. The number of carbonyl (C=O) groups is 3. The van der Waals surface area contributed by atoms with E-state index in [0.29, 0.717) is 0 Å². The monoisotopic (exact) mass is 307 g/mol. The van der Waals surface area contributed by atoms with E-state index >= 15 is 0 Å². The van der Waals surface area contributed by atoms with E-state index in [4.69, 9.17) is 5.11 Å². The van der Waals surface area contributed by atoms with Crippen LogP contribution in [0.15, 0.2) is 17.8 Å². The maximum atomic E-state index is 11.9. The molecule has 0 unspecified atom stereocenters. The predicted octanol–water partition coefficient (Wildman–Crippen LogP) is 0.842. The summed E-state index contributed by atoms with van der Waals surface area (Å²) in [5.41, 5.74) is -0.339. The quantitative estimate of drug-likeness (QED) is 0.761. The van der Waals surface area contributed by atoms with Gasteiger partial charge in [-0.05, 0) is 0 Å². The van der Waals surface area contributed by atoms with E-state index in [-0.39, 0.29) is 28.2 Å². The minimum atomic E-state index is -1.31. The molecule has 21 heavy (non-hydrogen) atoms. The summed E-state index contributed by atoms with van der Waals surface area (Å²) in [7, 11) is 0. The number of hydrogen-bond donors (Lipinski definition) is 3. The van der Waals surface area contributed by atoms with Gasteiger partial charge in [-0.2, -0.15) is 0 Å². The minimum absolute atomic E-state index is 0.0331. The first kappa shape index (κ1) is 14.5. The molecular weight excluding hydrogens is 298 g/mol. The van der Waals surface area contributed by atoms with Crippen LogP contribution in [0.5, 0.6) is 0 Å². The van der Waals surface area contributed by atoms with Crippen LogP contribution in [0.4, 0.5) is 10.9 Å². The zero-order valence-electron chi connectivity index (χ0n) is 10.7. The number of amides is 2. The van der Waals surface area contributed by atoms with E-state index in [1.54, 1.807) is 0 Å². The number of thiazole rings is 1. The third-order valence-corrected chi connectivity index (χ3v) is 2.91. The SMILES string of the molecule is CC(=O)Nc1nc(C(=O)Nc2nccnc2C(=O)O)cs1. The summed E-state index contributed by atoms with van der Waals surface area (Å²) in [6.07, 6.45) is 2.46. The molecule has 2 heterocycles. The molecule has 108 valence electrons. The van der Waals surface area contributed by atoms with Crippen LogP contribution in [0, 0.1) is 0 Å². The summed E-state index contributed by atoms with van der Waals surface area (Å²) in [6, 6.07) is 0. The molecule has 0 bridgehead atoms. The standard InChI is InChI=1S/C11H9N5O4S/c1-5(17)14-11-15-6(4-21-11)9(18)16-8-7(10(19)20)12-2-3-13-8/h2-4H,1H3,(H,19,20)(H,13,16,18)(H,14,15,17). The Morgan fingerprint density at radius 1 is 1.19 bits per heavy atom. The van der Waals surface area contributed by atoms with E-state index in [1.807, 2.05) is 0 Å². The lowest BCUT2D eigenvalue weighted by Crippen LogP contribution is -2.17. The van der Waals surface area contributed by atoms with Gasteiger partial charge in [-0.3, -0.25) is 9.59 Å². The third-order valence-electron chi connectivity index (χ3n) is 2.15. The third kappa shape index (κ3) is 3.57.